The van der Waals surface area contributed by atoms with Crippen LogP contribution >= 0.6 is 34.4 Å². The number of carbonyl (C=O) groups is 2. The summed E-state index contributed by atoms with van der Waals surface area (Å²) in [5, 5.41) is 8.77. The van der Waals surface area contributed by atoms with E-state index < -0.39 is 10.3 Å². The van der Waals surface area contributed by atoms with Gasteiger partial charge in [0.1, 0.15) is 14.0 Å². The maximum Gasteiger partial charge on any atom is 0.410 e. The number of halogens is 1. The first-order valence-electron chi connectivity index (χ1n) is 11.3. The van der Waals surface area contributed by atoms with Crippen molar-refractivity contribution in [3.8, 4) is 0 Å². The van der Waals surface area contributed by atoms with Crippen molar-refractivity contribution in [3.05, 3.63) is 21.9 Å². The molecule has 2 unspecified atom stereocenters. The summed E-state index contributed by atoms with van der Waals surface area (Å²) in [5.74, 6) is -0.0987. The third kappa shape index (κ3) is 5.27. The van der Waals surface area contributed by atoms with Gasteiger partial charge in [-0.1, -0.05) is 0 Å². The lowest BCUT2D eigenvalue weighted by atomic mass is 10.1. The Kier molecular flexibility index (Phi) is 7.16. The van der Waals surface area contributed by atoms with Crippen LogP contribution in [-0.2, 0) is 14.3 Å². The summed E-state index contributed by atoms with van der Waals surface area (Å²) in [7, 11) is 0. The Morgan fingerprint density at radius 2 is 2.12 bits per heavy atom. The SMILES string of the molecule is CSC1(C(=O)Nc2ccc3c(c2)c(I)nn3C2CCCCO2)CCN(C(=O)OC(C)(C)C)C1. The fourth-order valence-corrected chi connectivity index (χ4v) is 5.75. The maximum absolute atomic E-state index is 13.3. The third-order valence-electron chi connectivity index (χ3n) is 6.04. The molecule has 0 radical (unpaired) electrons. The van der Waals surface area contributed by atoms with Crippen molar-refractivity contribution < 1.29 is 19.1 Å². The first-order chi connectivity index (χ1) is 15.6. The van der Waals surface area contributed by atoms with Crippen molar-refractivity contribution in [3.63, 3.8) is 0 Å². The van der Waals surface area contributed by atoms with Gasteiger partial charge in [0.25, 0.3) is 0 Å². The van der Waals surface area contributed by atoms with E-state index in [2.05, 4.69) is 27.9 Å². The van der Waals surface area contributed by atoms with Crippen LogP contribution in [0, 0.1) is 3.70 Å². The van der Waals surface area contributed by atoms with Crippen LogP contribution in [-0.4, -0.2) is 63.0 Å². The Balaban J connectivity index is 1.50. The van der Waals surface area contributed by atoms with Gasteiger partial charge in [-0.3, -0.25) is 4.79 Å². The quantitative estimate of drug-likeness (QED) is 0.507. The number of ether oxygens (including phenoxy) is 2. The van der Waals surface area contributed by atoms with Crippen molar-refractivity contribution in [2.45, 2.75) is 63.0 Å². The summed E-state index contributed by atoms with van der Waals surface area (Å²) in [6.07, 6.45) is 5.26. The molecule has 180 valence electrons. The molecular weight excluding hydrogens is 555 g/mol. The van der Waals surface area contributed by atoms with E-state index in [1.165, 1.54) is 11.8 Å². The van der Waals surface area contributed by atoms with Gasteiger partial charge in [-0.05, 0) is 93.5 Å². The fourth-order valence-electron chi connectivity index (χ4n) is 4.27. The number of fused-ring (bicyclic) bond motifs is 1. The van der Waals surface area contributed by atoms with Crippen LogP contribution in [0.2, 0.25) is 0 Å². The molecule has 8 nitrogen and oxygen atoms in total. The predicted octanol–water partition coefficient (Wildman–Crippen LogP) is 5.02. The summed E-state index contributed by atoms with van der Waals surface area (Å²) in [4.78, 5) is 27.5. The van der Waals surface area contributed by atoms with E-state index in [1.54, 1.807) is 4.90 Å². The number of nitrogens with one attached hydrogen (secondary N) is 1. The fraction of sp³-hybridized carbons (Fsp3) is 0.609. The van der Waals surface area contributed by atoms with Crippen LogP contribution in [0.3, 0.4) is 0 Å². The van der Waals surface area contributed by atoms with Crippen LogP contribution in [0.25, 0.3) is 10.9 Å². The zero-order chi connectivity index (χ0) is 23.8. The summed E-state index contributed by atoms with van der Waals surface area (Å²) in [5.41, 5.74) is 1.16. The van der Waals surface area contributed by atoms with Crippen LogP contribution in [0.15, 0.2) is 18.2 Å². The second kappa shape index (κ2) is 9.61. The Bertz CT molecular complexity index is 1050. The van der Waals surface area contributed by atoms with E-state index in [1.807, 2.05) is 49.9 Å². The third-order valence-corrected chi connectivity index (χ3v) is 8.13. The van der Waals surface area contributed by atoms with E-state index in [0.29, 0.717) is 19.5 Å². The molecule has 0 spiro atoms. The molecular formula is C23H31IN4O4S. The highest BCUT2D eigenvalue weighted by Crippen LogP contribution is 2.36. The van der Waals surface area contributed by atoms with Gasteiger partial charge in [0.15, 0.2) is 6.23 Å². The highest BCUT2D eigenvalue weighted by Gasteiger charge is 2.46. The number of aromatic nitrogens is 2. The number of thioether (sulfide) groups is 1. The second-order valence-electron chi connectivity index (χ2n) is 9.59. The molecule has 2 aliphatic rings. The summed E-state index contributed by atoms with van der Waals surface area (Å²) in [6, 6.07) is 5.87. The lowest BCUT2D eigenvalue weighted by Gasteiger charge is -2.28. The first kappa shape index (κ1) is 24.6. The summed E-state index contributed by atoms with van der Waals surface area (Å²) < 4.78 is 13.5. The Labute approximate surface area is 212 Å². The zero-order valence-corrected chi connectivity index (χ0v) is 22.5. The number of anilines is 1. The molecule has 3 heterocycles. The van der Waals surface area contributed by atoms with Gasteiger partial charge in [-0.15, -0.1) is 11.8 Å². The molecule has 4 rings (SSSR count). The molecule has 10 heteroatoms. The van der Waals surface area contributed by atoms with Crippen LogP contribution in [0.4, 0.5) is 10.5 Å². The molecule has 0 saturated carbocycles. The van der Waals surface area contributed by atoms with E-state index in [4.69, 9.17) is 14.6 Å². The van der Waals surface area contributed by atoms with Crippen LogP contribution < -0.4 is 5.32 Å². The highest BCUT2D eigenvalue weighted by molar-refractivity contribution is 14.1. The van der Waals surface area contributed by atoms with Crippen molar-refractivity contribution in [1.82, 2.24) is 14.7 Å². The number of hydrogen-bond acceptors (Lipinski definition) is 6. The van der Waals surface area contributed by atoms with E-state index in [0.717, 1.165) is 46.2 Å². The van der Waals surface area contributed by atoms with Crippen molar-refractivity contribution in [2.24, 2.45) is 0 Å². The second-order valence-corrected chi connectivity index (χ2v) is 11.8. The maximum atomic E-state index is 13.3. The lowest BCUT2D eigenvalue weighted by Crippen LogP contribution is -2.44. The molecule has 2 aliphatic heterocycles. The van der Waals surface area contributed by atoms with Crippen LogP contribution in [0.5, 0.6) is 0 Å². The summed E-state index contributed by atoms with van der Waals surface area (Å²) >= 11 is 3.71. The molecule has 0 aliphatic carbocycles. The molecule has 2 amide bonds. The number of benzene rings is 1. The van der Waals surface area contributed by atoms with Gasteiger partial charge < -0.3 is 19.7 Å². The molecule has 1 N–H and O–H groups in total. The number of carbonyl (C=O) groups excluding carboxylic acids is 2. The molecule has 2 aromatic rings. The van der Waals surface area contributed by atoms with Gasteiger partial charge in [0.2, 0.25) is 5.91 Å². The van der Waals surface area contributed by atoms with Crippen molar-refractivity contribution >= 4 is 62.9 Å². The minimum atomic E-state index is -0.709. The molecule has 2 atom stereocenters. The standard InChI is InChI=1S/C23H31IN4O4S/c1-22(2,3)32-21(30)27-11-10-23(14-27,33-4)20(29)25-15-8-9-17-16(13-15)19(24)26-28(17)18-7-5-6-12-31-18/h8-9,13,18H,5-7,10-12,14H2,1-4H3,(H,25,29). The highest BCUT2D eigenvalue weighted by atomic mass is 127. The van der Waals surface area contributed by atoms with E-state index >= 15 is 0 Å². The number of nitrogens with zero attached hydrogens (tertiary/aromatic N) is 3. The number of likely N-dealkylation sites (tertiary alicyclic amines) is 1. The van der Waals surface area contributed by atoms with Gasteiger partial charge in [0, 0.05) is 30.8 Å². The molecule has 1 aromatic carbocycles. The van der Waals surface area contributed by atoms with Crippen LogP contribution in [0.1, 0.15) is 52.7 Å². The van der Waals surface area contributed by atoms with Gasteiger partial charge in [-0.2, -0.15) is 5.10 Å². The molecule has 1 aromatic heterocycles. The molecule has 2 saturated heterocycles. The average molecular weight is 586 g/mol. The average Bonchev–Trinajstić information content (AvgIpc) is 3.36. The summed E-state index contributed by atoms with van der Waals surface area (Å²) in [6.45, 7) is 7.11. The largest absolute Gasteiger partial charge is 0.444 e. The number of rotatable bonds is 4. The number of hydrogen-bond donors (Lipinski definition) is 1. The Morgan fingerprint density at radius 1 is 1.33 bits per heavy atom. The van der Waals surface area contributed by atoms with Gasteiger partial charge >= 0.3 is 6.09 Å². The topological polar surface area (TPSA) is 85.7 Å². The first-order valence-corrected chi connectivity index (χ1v) is 13.6. The van der Waals surface area contributed by atoms with Crippen molar-refractivity contribution in [1.29, 1.82) is 0 Å². The normalized spacial score (nSPS) is 23.7. The van der Waals surface area contributed by atoms with E-state index in [9.17, 15) is 9.59 Å². The Hall–Kier alpha value is -1.53. The van der Waals surface area contributed by atoms with Gasteiger partial charge in [-0.25, -0.2) is 9.48 Å². The predicted molar refractivity (Wildman–Crippen MR) is 139 cm³/mol. The van der Waals surface area contributed by atoms with E-state index in [-0.39, 0.29) is 18.2 Å². The monoisotopic (exact) mass is 586 g/mol. The van der Waals surface area contributed by atoms with Gasteiger partial charge in [0.05, 0.1) is 5.52 Å². The zero-order valence-electron chi connectivity index (χ0n) is 19.5. The molecule has 0 bridgehead atoms. The smallest absolute Gasteiger partial charge is 0.410 e. The minimum Gasteiger partial charge on any atom is -0.444 e. The minimum absolute atomic E-state index is 0.0395. The molecule has 33 heavy (non-hydrogen) atoms. The van der Waals surface area contributed by atoms with Crippen molar-refractivity contribution in [2.75, 3.05) is 31.3 Å². The molecule has 2 fully saturated rings. The number of amides is 2. The Morgan fingerprint density at radius 3 is 2.79 bits per heavy atom. The lowest BCUT2D eigenvalue weighted by molar-refractivity contribution is -0.118.